The Labute approximate surface area is 98.3 Å². The van der Waals surface area contributed by atoms with Gasteiger partial charge in [0, 0.05) is 24.0 Å². The molecule has 0 aliphatic carbocycles. The van der Waals surface area contributed by atoms with Gasteiger partial charge in [-0.1, -0.05) is 19.9 Å². The summed E-state index contributed by atoms with van der Waals surface area (Å²) in [6, 6.07) is 0. The van der Waals surface area contributed by atoms with Gasteiger partial charge in [-0.15, -0.1) is 0 Å². The van der Waals surface area contributed by atoms with Crippen LogP contribution in [0.25, 0.3) is 0 Å². The maximum atomic E-state index is 11.7. The molecule has 0 spiro atoms. The van der Waals surface area contributed by atoms with Crippen LogP contribution in [-0.4, -0.2) is 18.7 Å². The van der Waals surface area contributed by atoms with Crippen LogP contribution in [0, 0.1) is 0 Å². The molecule has 16 heavy (non-hydrogen) atoms. The van der Waals surface area contributed by atoms with Gasteiger partial charge in [0.25, 0.3) is 5.91 Å². The molecule has 0 aromatic carbocycles. The lowest BCUT2D eigenvalue weighted by molar-refractivity contribution is -0.116. The number of allylic oxidation sites excluding steroid dienone is 2. The number of nitrogens with zero attached hydrogens (tertiary/aromatic N) is 1. The van der Waals surface area contributed by atoms with E-state index in [2.05, 4.69) is 23.8 Å². The molecule has 0 heterocycles. The van der Waals surface area contributed by atoms with E-state index in [1.54, 1.807) is 14.0 Å². The van der Waals surface area contributed by atoms with Crippen molar-refractivity contribution in [1.29, 1.82) is 0 Å². The molecule has 0 saturated heterocycles. The first-order valence-corrected chi connectivity index (χ1v) is 5.54. The normalized spacial score (nSPS) is 13.2. The Hall–Kier alpha value is -1.38. The summed E-state index contributed by atoms with van der Waals surface area (Å²) >= 11 is 0. The van der Waals surface area contributed by atoms with Crippen molar-refractivity contribution in [2.75, 3.05) is 7.05 Å². The van der Waals surface area contributed by atoms with Gasteiger partial charge in [0.2, 0.25) is 0 Å². The van der Waals surface area contributed by atoms with E-state index in [1.807, 2.05) is 13.8 Å². The van der Waals surface area contributed by atoms with E-state index in [-0.39, 0.29) is 5.91 Å². The standard InChI is InChI=1S/C13H22N2O/c1-7-8-12(14-6)10(4)11(5)13(16)15-9(2)3/h2,7-8H2,1,3-6H3,(H,15,16)/b11-10+,14-12?. The van der Waals surface area contributed by atoms with E-state index in [1.165, 1.54) is 0 Å². The topological polar surface area (TPSA) is 41.5 Å². The zero-order valence-electron chi connectivity index (χ0n) is 11.0. The lowest BCUT2D eigenvalue weighted by Crippen LogP contribution is -2.23. The molecule has 1 N–H and O–H groups in total. The minimum atomic E-state index is -0.0951. The van der Waals surface area contributed by atoms with Gasteiger partial charge in [-0.3, -0.25) is 9.79 Å². The molecule has 0 aliphatic heterocycles. The van der Waals surface area contributed by atoms with Gasteiger partial charge < -0.3 is 5.32 Å². The minimum absolute atomic E-state index is 0.0951. The molecule has 0 aromatic rings. The van der Waals surface area contributed by atoms with Gasteiger partial charge in [-0.05, 0) is 32.8 Å². The van der Waals surface area contributed by atoms with Crippen molar-refractivity contribution in [1.82, 2.24) is 5.32 Å². The number of carbonyl (C=O) groups excluding carboxylic acids is 1. The summed E-state index contributed by atoms with van der Waals surface area (Å²) in [6.07, 6.45) is 1.93. The average molecular weight is 222 g/mol. The van der Waals surface area contributed by atoms with Crippen molar-refractivity contribution in [3.05, 3.63) is 23.4 Å². The van der Waals surface area contributed by atoms with Gasteiger partial charge in [-0.25, -0.2) is 0 Å². The Morgan fingerprint density at radius 3 is 2.19 bits per heavy atom. The highest BCUT2D eigenvalue weighted by Crippen LogP contribution is 2.10. The molecular weight excluding hydrogens is 200 g/mol. The summed E-state index contributed by atoms with van der Waals surface area (Å²) in [5, 5.41) is 2.70. The molecule has 0 bridgehead atoms. The second-order valence-electron chi connectivity index (χ2n) is 3.90. The van der Waals surface area contributed by atoms with E-state index in [4.69, 9.17) is 0 Å². The van der Waals surface area contributed by atoms with Gasteiger partial charge >= 0.3 is 0 Å². The first kappa shape index (κ1) is 14.6. The number of amides is 1. The zero-order valence-corrected chi connectivity index (χ0v) is 11.0. The Kier molecular flexibility index (Phi) is 6.38. The van der Waals surface area contributed by atoms with Crippen LogP contribution in [0.15, 0.2) is 28.4 Å². The van der Waals surface area contributed by atoms with Crippen molar-refractivity contribution in [2.24, 2.45) is 4.99 Å². The third-order valence-corrected chi connectivity index (χ3v) is 2.42. The zero-order chi connectivity index (χ0) is 12.7. The summed E-state index contributed by atoms with van der Waals surface area (Å²) in [5.74, 6) is -0.0951. The van der Waals surface area contributed by atoms with Crippen LogP contribution in [-0.2, 0) is 4.79 Å². The molecule has 90 valence electrons. The summed E-state index contributed by atoms with van der Waals surface area (Å²) in [5.41, 5.74) is 3.32. The second-order valence-corrected chi connectivity index (χ2v) is 3.90. The molecule has 3 nitrogen and oxygen atoms in total. The molecule has 1 amide bonds. The van der Waals surface area contributed by atoms with Crippen molar-refractivity contribution >= 4 is 11.6 Å². The van der Waals surface area contributed by atoms with Gasteiger partial charge in [0.1, 0.15) is 0 Å². The molecule has 0 fully saturated rings. The molecule has 3 heteroatoms. The summed E-state index contributed by atoms with van der Waals surface area (Å²) in [7, 11) is 1.76. The van der Waals surface area contributed by atoms with Crippen LogP contribution >= 0.6 is 0 Å². The van der Waals surface area contributed by atoms with Crippen molar-refractivity contribution in [3.63, 3.8) is 0 Å². The Bertz CT molecular complexity index is 338. The number of hydrogen-bond acceptors (Lipinski definition) is 2. The number of carbonyl (C=O) groups is 1. The predicted octanol–water partition coefficient (Wildman–Crippen LogP) is 2.84. The Balaban J connectivity index is 4.93. The molecule has 0 radical (unpaired) electrons. The van der Waals surface area contributed by atoms with Crippen LogP contribution in [0.4, 0.5) is 0 Å². The largest absolute Gasteiger partial charge is 0.327 e. The SMILES string of the molecule is C=C(C)NC(=O)/C(C)=C(\C)C(CCC)=NC. The third-order valence-electron chi connectivity index (χ3n) is 2.42. The highest BCUT2D eigenvalue weighted by molar-refractivity contribution is 6.07. The maximum Gasteiger partial charge on any atom is 0.251 e. The van der Waals surface area contributed by atoms with E-state index < -0.39 is 0 Å². The lowest BCUT2D eigenvalue weighted by Gasteiger charge is -2.10. The quantitative estimate of drug-likeness (QED) is 0.564. The fourth-order valence-electron chi connectivity index (χ4n) is 1.38. The predicted molar refractivity (Wildman–Crippen MR) is 69.6 cm³/mol. The summed E-state index contributed by atoms with van der Waals surface area (Å²) in [4.78, 5) is 16.0. The Morgan fingerprint density at radius 1 is 1.25 bits per heavy atom. The van der Waals surface area contributed by atoms with Crippen LogP contribution in [0.2, 0.25) is 0 Å². The number of hydrogen-bond donors (Lipinski definition) is 1. The van der Waals surface area contributed by atoms with Crippen LogP contribution in [0.3, 0.4) is 0 Å². The summed E-state index contributed by atoms with van der Waals surface area (Å²) < 4.78 is 0. The molecule has 0 unspecified atom stereocenters. The first-order valence-electron chi connectivity index (χ1n) is 5.54. The fourth-order valence-corrected chi connectivity index (χ4v) is 1.38. The third kappa shape index (κ3) is 4.43. The first-order chi connectivity index (χ1) is 7.43. The highest BCUT2D eigenvalue weighted by Gasteiger charge is 2.10. The molecule has 0 aromatic heterocycles. The van der Waals surface area contributed by atoms with E-state index in [9.17, 15) is 4.79 Å². The monoisotopic (exact) mass is 222 g/mol. The minimum Gasteiger partial charge on any atom is -0.327 e. The Morgan fingerprint density at radius 2 is 1.81 bits per heavy atom. The molecule has 0 atom stereocenters. The van der Waals surface area contributed by atoms with E-state index in [0.717, 1.165) is 24.1 Å². The van der Waals surface area contributed by atoms with Gasteiger partial charge in [0.15, 0.2) is 0 Å². The van der Waals surface area contributed by atoms with Gasteiger partial charge in [0.05, 0.1) is 0 Å². The van der Waals surface area contributed by atoms with E-state index >= 15 is 0 Å². The summed E-state index contributed by atoms with van der Waals surface area (Å²) in [6.45, 7) is 11.3. The number of nitrogens with one attached hydrogen (secondary N) is 1. The fraction of sp³-hybridized carbons (Fsp3) is 0.538. The van der Waals surface area contributed by atoms with E-state index in [0.29, 0.717) is 11.3 Å². The number of rotatable bonds is 5. The number of aliphatic imine (C=N–C) groups is 1. The average Bonchev–Trinajstić information content (AvgIpc) is 2.22. The smallest absolute Gasteiger partial charge is 0.251 e. The molecule has 0 saturated carbocycles. The molecule has 0 rings (SSSR count). The van der Waals surface area contributed by atoms with Crippen LogP contribution in [0.1, 0.15) is 40.5 Å². The van der Waals surface area contributed by atoms with Gasteiger partial charge in [-0.2, -0.15) is 0 Å². The molecular formula is C13H22N2O. The molecule has 0 aliphatic rings. The highest BCUT2D eigenvalue weighted by atomic mass is 16.1. The van der Waals surface area contributed by atoms with Crippen molar-refractivity contribution < 1.29 is 4.79 Å². The lowest BCUT2D eigenvalue weighted by atomic mass is 10.0. The van der Waals surface area contributed by atoms with Crippen LogP contribution in [0.5, 0.6) is 0 Å². The van der Waals surface area contributed by atoms with Crippen molar-refractivity contribution in [2.45, 2.75) is 40.5 Å². The van der Waals surface area contributed by atoms with Crippen molar-refractivity contribution in [3.8, 4) is 0 Å². The second kappa shape index (κ2) is 6.99. The van der Waals surface area contributed by atoms with Crippen LogP contribution < -0.4 is 5.32 Å². The maximum absolute atomic E-state index is 11.7.